The van der Waals surface area contributed by atoms with Crippen molar-refractivity contribution in [2.75, 3.05) is 0 Å². The lowest BCUT2D eigenvalue weighted by atomic mass is 9.70. The zero-order valence-corrected chi connectivity index (χ0v) is 22.6. The highest BCUT2D eigenvalue weighted by molar-refractivity contribution is 6.25. The first kappa shape index (κ1) is 22.0. The summed E-state index contributed by atoms with van der Waals surface area (Å²) in [6.07, 6.45) is 9.32. The van der Waals surface area contributed by atoms with Crippen LogP contribution >= 0.6 is 0 Å². The number of pyridine rings is 1. The molecular weight excluding hydrogens is 482 g/mol. The third-order valence-corrected chi connectivity index (χ3v) is 9.28. The number of aromatic nitrogens is 1. The minimum atomic E-state index is -0.0953. The van der Waals surface area contributed by atoms with Crippen LogP contribution in [0.3, 0.4) is 0 Å². The lowest BCUT2D eigenvalue weighted by Gasteiger charge is -2.33. The summed E-state index contributed by atoms with van der Waals surface area (Å²) in [4.78, 5) is 0. The molecule has 0 saturated carbocycles. The molecule has 5 aromatic rings. The van der Waals surface area contributed by atoms with Gasteiger partial charge in [0.1, 0.15) is 0 Å². The molecule has 188 valence electrons. The van der Waals surface area contributed by atoms with Crippen LogP contribution in [0.1, 0.15) is 25.0 Å². The summed E-state index contributed by atoms with van der Waals surface area (Å²) in [5.74, 6) is 0. The van der Waals surface area contributed by atoms with Crippen LogP contribution in [-0.2, 0) is 5.41 Å². The van der Waals surface area contributed by atoms with Gasteiger partial charge in [0.15, 0.2) is 0 Å². The molecule has 0 spiro atoms. The van der Waals surface area contributed by atoms with Crippen LogP contribution in [0.2, 0.25) is 0 Å². The fourth-order valence-electron chi connectivity index (χ4n) is 7.61. The van der Waals surface area contributed by atoms with E-state index >= 15 is 0 Å². The second kappa shape index (κ2) is 7.61. The summed E-state index contributed by atoms with van der Waals surface area (Å²) in [7, 11) is 0. The number of allylic oxidation sites excluding steroid dienone is 1. The molecule has 40 heavy (non-hydrogen) atoms. The van der Waals surface area contributed by atoms with E-state index < -0.39 is 0 Å². The molecule has 0 N–H and O–H groups in total. The summed E-state index contributed by atoms with van der Waals surface area (Å²) in [6.45, 7) is 4.79. The molecule has 1 heteroatoms. The maximum Gasteiger partial charge on any atom is 0.0456 e. The maximum absolute atomic E-state index is 2.40. The van der Waals surface area contributed by atoms with E-state index in [1.165, 1.54) is 81.8 Å². The second-order valence-corrected chi connectivity index (χ2v) is 11.8. The Morgan fingerprint density at radius 1 is 0.600 bits per heavy atom. The molecule has 0 bridgehead atoms. The van der Waals surface area contributed by atoms with Crippen molar-refractivity contribution in [1.29, 1.82) is 0 Å². The quantitative estimate of drug-likeness (QED) is 0.196. The Hall–Kier alpha value is -4.88. The lowest BCUT2D eigenvalue weighted by molar-refractivity contribution is 0.689. The van der Waals surface area contributed by atoms with E-state index in [1.807, 2.05) is 0 Å². The number of nitrogens with zero attached hydrogens (tertiary/aromatic N) is 1. The molecule has 1 nitrogen and oxygen atoms in total. The van der Waals surface area contributed by atoms with Crippen LogP contribution in [0.25, 0.3) is 66.9 Å². The van der Waals surface area contributed by atoms with E-state index in [1.54, 1.807) is 0 Å². The van der Waals surface area contributed by atoms with Crippen molar-refractivity contribution in [2.45, 2.75) is 19.3 Å². The lowest BCUT2D eigenvalue weighted by Crippen LogP contribution is -2.31. The molecule has 3 aliphatic carbocycles. The predicted octanol–water partition coefficient (Wildman–Crippen LogP) is 8.36. The van der Waals surface area contributed by atoms with Gasteiger partial charge in [0.2, 0.25) is 0 Å². The summed E-state index contributed by atoms with van der Waals surface area (Å²) >= 11 is 0. The highest BCUT2D eigenvalue weighted by Gasteiger charge is 2.38. The van der Waals surface area contributed by atoms with Crippen LogP contribution in [-0.4, -0.2) is 4.57 Å². The second-order valence-electron chi connectivity index (χ2n) is 11.8. The van der Waals surface area contributed by atoms with Crippen molar-refractivity contribution < 1.29 is 0 Å². The molecule has 0 radical (unpaired) electrons. The normalized spacial score (nSPS) is 15.2. The highest BCUT2D eigenvalue weighted by atomic mass is 14.9. The van der Waals surface area contributed by atoms with E-state index in [9.17, 15) is 0 Å². The van der Waals surface area contributed by atoms with Gasteiger partial charge in [-0.05, 0) is 107 Å². The van der Waals surface area contributed by atoms with Gasteiger partial charge in [-0.25, -0.2) is 0 Å². The zero-order chi connectivity index (χ0) is 26.6. The molecule has 0 saturated heterocycles. The van der Waals surface area contributed by atoms with E-state index in [0.717, 1.165) is 0 Å². The molecule has 0 aromatic heterocycles. The number of benzene rings is 5. The Kier molecular flexibility index (Phi) is 4.18. The van der Waals surface area contributed by atoms with Crippen LogP contribution in [0.15, 0.2) is 121 Å². The largest absolute Gasteiger partial charge is 0.323 e. The first-order valence-electron chi connectivity index (χ1n) is 14.1. The third-order valence-electron chi connectivity index (χ3n) is 9.28. The highest BCUT2D eigenvalue weighted by Crippen LogP contribution is 2.50. The minimum Gasteiger partial charge on any atom is -0.323 e. The van der Waals surface area contributed by atoms with Gasteiger partial charge in [-0.3, -0.25) is 0 Å². The molecule has 1 heterocycles. The monoisotopic (exact) mass is 509 g/mol. The van der Waals surface area contributed by atoms with Crippen molar-refractivity contribution in [2.24, 2.45) is 0 Å². The first-order chi connectivity index (χ1) is 19.6. The Balaban J connectivity index is 1.28. The van der Waals surface area contributed by atoms with Crippen molar-refractivity contribution in [3.8, 4) is 16.8 Å². The number of hydrogen-bond acceptors (Lipinski definition) is 0. The molecule has 1 aliphatic heterocycles. The molecule has 0 fully saturated rings. The molecule has 4 aliphatic rings. The van der Waals surface area contributed by atoms with Crippen molar-refractivity contribution in [3.05, 3.63) is 143 Å². The van der Waals surface area contributed by atoms with E-state index in [-0.39, 0.29) is 5.41 Å². The van der Waals surface area contributed by atoms with Gasteiger partial charge in [-0.1, -0.05) is 92.7 Å². The minimum absolute atomic E-state index is 0.0953. The van der Waals surface area contributed by atoms with Crippen molar-refractivity contribution in [1.82, 2.24) is 4.57 Å². The summed E-state index contributed by atoms with van der Waals surface area (Å²) in [5, 5.41) is 10.5. The Morgan fingerprint density at radius 3 is 2.00 bits per heavy atom. The Bertz CT molecular complexity index is 2310. The van der Waals surface area contributed by atoms with Gasteiger partial charge in [0.05, 0.1) is 0 Å². The van der Waals surface area contributed by atoms with Crippen LogP contribution in [0, 0.1) is 0 Å². The van der Waals surface area contributed by atoms with Gasteiger partial charge < -0.3 is 4.57 Å². The average molecular weight is 510 g/mol. The molecular formula is C39H27N. The van der Waals surface area contributed by atoms with E-state index in [4.69, 9.17) is 0 Å². The molecule has 5 aromatic carbocycles. The molecule has 9 rings (SSSR count). The standard InChI is InChI=1S/C39H27N/c1-39(2)37-26(19-24-9-3-4-10-29(24)37)21-27-20-25-17-18-40(23-36(25)38(27)39)28-15-16-34-32-13-6-5-11-30(32)31-12-7-8-14-33(31)35(34)22-28/h3-23H,1-2H3. The van der Waals surface area contributed by atoms with Crippen LogP contribution < -0.4 is 10.4 Å². The first-order valence-corrected chi connectivity index (χ1v) is 14.1. The number of hydrogen-bond donors (Lipinski definition) is 0. The van der Waals surface area contributed by atoms with Crippen LogP contribution in [0.4, 0.5) is 0 Å². The van der Waals surface area contributed by atoms with E-state index in [2.05, 4.69) is 146 Å². The van der Waals surface area contributed by atoms with Crippen molar-refractivity contribution >= 4 is 50.0 Å². The fourth-order valence-corrected chi connectivity index (χ4v) is 7.61. The van der Waals surface area contributed by atoms with Crippen LogP contribution in [0.5, 0.6) is 0 Å². The van der Waals surface area contributed by atoms with Gasteiger partial charge >= 0.3 is 0 Å². The number of fused-ring (bicyclic) bond motifs is 11. The molecule has 0 atom stereocenters. The third kappa shape index (κ3) is 2.82. The zero-order valence-electron chi connectivity index (χ0n) is 22.6. The predicted molar refractivity (Wildman–Crippen MR) is 169 cm³/mol. The summed E-state index contributed by atoms with van der Waals surface area (Å²) in [6, 6.07) is 38.0. The maximum atomic E-state index is 2.40. The summed E-state index contributed by atoms with van der Waals surface area (Å²) < 4.78 is 2.31. The smallest absolute Gasteiger partial charge is 0.0456 e. The average Bonchev–Trinajstić information content (AvgIpc) is 3.55. The molecule has 0 unspecified atom stereocenters. The topological polar surface area (TPSA) is 4.93 Å². The number of rotatable bonds is 1. The van der Waals surface area contributed by atoms with Gasteiger partial charge in [0.25, 0.3) is 0 Å². The van der Waals surface area contributed by atoms with Gasteiger partial charge in [-0.15, -0.1) is 0 Å². The SMILES string of the molecule is CC1(C)C2=c3ccccc3=CC2=Cc2cc3ccn(-c4ccc5c6ccccc6c6ccccc6c5c4)cc-3c21. The van der Waals surface area contributed by atoms with Crippen molar-refractivity contribution in [3.63, 3.8) is 0 Å². The fraction of sp³-hybridized carbons (Fsp3) is 0.0769. The van der Waals surface area contributed by atoms with Gasteiger partial charge in [0, 0.05) is 29.1 Å². The molecule has 0 amide bonds. The summed E-state index contributed by atoms with van der Waals surface area (Å²) in [5.41, 5.74) is 9.30. The Labute approximate surface area is 233 Å². The Morgan fingerprint density at radius 2 is 1.25 bits per heavy atom. The van der Waals surface area contributed by atoms with Gasteiger partial charge in [-0.2, -0.15) is 0 Å². The van der Waals surface area contributed by atoms with E-state index in [0.29, 0.717) is 0 Å².